The van der Waals surface area contributed by atoms with Crippen molar-refractivity contribution in [3.63, 3.8) is 0 Å². The zero-order chi connectivity index (χ0) is 24.7. The van der Waals surface area contributed by atoms with Crippen molar-refractivity contribution in [1.82, 2.24) is 24.6 Å². The molecule has 4 aromatic heterocycles. The van der Waals surface area contributed by atoms with E-state index in [4.69, 9.17) is 9.47 Å². The van der Waals surface area contributed by atoms with Crippen molar-refractivity contribution in [3.8, 4) is 16.9 Å². The second-order valence-corrected chi connectivity index (χ2v) is 10.2. The van der Waals surface area contributed by atoms with Crippen LogP contribution in [0.1, 0.15) is 55.7 Å². The molecule has 2 fully saturated rings. The van der Waals surface area contributed by atoms with Crippen LogP contribution in [-0.2, 0) is 4.74 Å². The van der Waals surface area contributed by atoms with Gasteiger partial charge in [0.15, 0.2) is 5.82 Å². The number of hydrogen-bond donors (Lipinski definition) is 1. The maximum Gasteiger partial charge on any atom is 0.154 e. The molecule has 1 atom stereocenters. The minimum Gasteiger partial charge on any atom is -0.489 e. The summed E-state index contributed by atoms with van der Waals surface area (Å²) in [6.45, 7) is 6.40. The van der Waals surface area contributed by atoms with Crippen LogP contribution in [0, 0.1) is 20.8 Å². The minimum atomic E-state index is 0.115. The number of pyridine rings is 2. The smallest absolute Gasteiger partial charge is 0.154 e. The Morgan fingerprint density at radius 3 is 2.72 bits per heavy atom. The van der Waals surface area contributed by atoms with E-state index in [9.17, 15) is 0 Å². The molecule has 0 amide bonds. The van der Waals surface area contributed by atoms with Crippen molar-refractivity contribution in [2.45, 2.75) is 71.0 Å². The summed E-state index contributed by atoms with van der Waals surface area (Å²) in [5.74, 6) is 2.97. The van der Waals surface area contributed by atoms with Crippen LogP contribution in [0.4, 0.5) is 11.6 Å². The van der Waals surface area contributed by atoms with Crippen LogP contribution in [-0.4, -0.2) is 42.9 Å². The number of anilines is 2. The van der Waals surface area contributed by atoms with E-state index in [1.807, 2.05) is 49.8 Å². The van der Waals surface area contributed by atoms with Gasteiger partial charge in [-0.1, -0.05) is 12.8 Å². The zero-order valence-corrected chi connectivity index (χ0v) is 21.1. The number of aromatic nitrogens is 5. The molecule has 186 valence electrons. The maximum absolute atomic E-state index is 6.45. The van der Waals surface area contributed by atoms with Crippen LogP contribution >= 0.6 is 0 Å². The normalized spacial score (nSPS) is 18.8. The summed E-state index contributed by atoms with van der Waals surface area (Å²) in [6.07, 6.45) is 11.1. The number of aryl methyl sites for hydroxylation is 3. The molecule has 0 bridgehead atoms. The summed E-state index contributed by atoms with van der Waals surface area (Å²) in [7, 11) is 0. The van der Waals surface area contributed by atoms with E-state index >= 15 is 0 Å². The highest BCUT2D eigenvalue weighted by atomic mass is 16.6. The van der Waals surface area contributed by atoms with Gasteiger partial charge in [0.2, 0.25) is 0 Å². The average molecular weight is 485 g/mol. The summed E-state index contributed by atoms with van der Waals surface area (Å²) in [4.78, 5) is 13.3. The maximum atomic E-state index is 6.45. The molecule has 1 saturated carbocycles. The molecule has 1 N–H and O–H groups in total. The van der Waals surface area contributed by atoms with Crippen LogP contribution in [0.5, 0.6) is 5.75 Å². The lowest BCUT2D eigenvalue weighted by molar-refractivity contribution is -0.0508. The largest absolute Gasteiger partial charge is 0.489 e. The zero-order valence-electron chi connectivity index (χ0n) is 21.1. The van der Waals surface area contributed by atoms with Crippen LogP contribution in [0.2, 0.25) is 0 Å². The Morgan fingerprint density at radius 1 is 1.03 bits per heavy atom. The molecule has 4 aromatic rings. The van der Waals surface area contributed by atoms with Crippen molar-refractivity contribution in [2.75, 3.05) is 11.9 Å². The molecular weight excluding hydrogens is 452 g/mol. The Balaban J connectivity index is 1.22. The van der Waals surface area contributed by atoms with E-state index in [1.165, 1.54) is 25.7 Å². The van der Waals surface area contributed by atoms with Gasteiger partial charge in [0.05, 0.1) is 23.4 Å². The Bertz CT molecular complexity index is 1390. The molecule has 8 nitrogen and oxygen atoms in total. The van der Waals surface area contributed by atoms with Crippen molar-refractivity contribution in [1.29, 1.82) is 0 Å². The monoisotopic (exact) mass is 484 g/mol. The first-order chi connectivity index (χ1) is 17.4. The third kappa shape index (κ3) is 4.65. The molecule has 5 heterocycles. The first kappa shape index (κ1) is 22.9. The number of nitrogens with one attached hydrogen (secondary N) is 1. The van der Waals surface area contributed by atoms with Gasteiger partial charge in [-0.05, 0) is 70.2 Å². The minimum absolute atomic E-state index is 0.115. The van der Waals surface area contributed by atoms with Gasteiger partial charge in [-0.3, -0.25) is 4.98 Å². The number of nitrogens with zero attached hydrogens (tertiary/aromatic N) is 5. The molecule has 1 saturated heterocycles. The first-order valence-electron chi connectivity index (χ1n) is 12.8. The summed E-state index contributed by atoms with van der Waals surface area (Å²) in [5.41, 5.74) is 5.03. The van der Waals surface area contributed by atoms with Crippen molar-refractivity contribution in [2.24, 2.45) is 0 Å². The number of rotatable bonds is 6. The van der Waals surface area contributed by atoms with Gasteiger partial charge < -0.3 is 14.8 Å². The molecule has 6 rings (SSSR count). The highest BCUT2D eigenvalue weighted by Gasteiger charge is 2.42. The van der Waals surface area contributed by atoms with Gasteiger partial charge >= 0.3 is 0 Å². The highest BCUT2D eigenvalue weighted by molar-refractivity contribution is 5.75. The van der Waals surface area contributed by atoms with Crippen molar-refractivity contribution < 1.29 is 9.47 Å². The lowest BCUT2D eigenvalue weighted by atomic mass is 9.98. The van der Waals surface area contributed by atoms with E-state index in [0.29, 0.717) is 6.61 Å². The Morgan fingerprint density at radius 2 is 1.89 bits per heavy atom. The molecule has 1 spiro atoms. The van der Waals surface area contributed by atoms with E-state index in [-0.39, 0.29) is 11.7 Å². The van der Waals surface area contributed by atoms with Gasteiger partial charge in [0.1, 0.15) is 24.0 Å². The predicted octanol–water partition coefficient (Wildman–Crippen LogP) is 5.73. The molecular formula is C28H32N6O2. The number of hydrogen-bond acceptors (Lipinski definition) is 7. The van der Waals surface area contributed by atoms with Crippen molar-refractivity contribution in [3.05, 3.63) is 59.9 Å². The second-order valence-electron chi connectivity index (χ2n) is 10.2. The summed E-state index contributed by atoms with van der Waals surface area (Å²) in [5, 5.41) is 7.95. The summed E-state index contributed by atoms with van der Waals surface area (Å²) < 4.78 is 14.6. The third-order valence-corrected chi connectivity index (χ3v) is 7.28. The fraction of sp³-hybridized carbons (Fsp3) is 0.429. The van der Waals surface area contributed by atoms with Crippen LogP contribution in [0.25, 0.3) is 16.6 Å². The predicted molar refractivity (Wildman–Crippen MR) is 139 cm³/mol. The molecule has 0 unspecified atom stereocenters. The lowest BCUT2D eigenvalue weighted by Crippen LogP contribution is -2.27. The van der Waals surface area contributed by atoms with Gasteiger partial charge in [-0.15, -0.1) is 0 Å². The molecule has 0 aromatic carbocycles. The van der Waals surface area contributed by atoms with Crippen LogP contribution in [0.15, 0.2) is 42.7 Å². The van der Waals surface area contributed by atoms with Crippen molar-refractivity contribution >= 4 is 17.2 Å². The fourth-order valence-corrected chi connectivity index (χ4v) is 5.61. The van der Waals surface area contributed by atoms with E-state index in [1.54, 1.807) is 0 Å². The Labute approximate surface area is 211 Å². The van der Waals surface area contributed by atoms with Gasteiger partial charge in [-0.25, -0.2) is 14.5 Å². The quantitative estimate of drug-likeness (QED) is 0.374. The topological polar surface area (TPSA) is 86.5 Å². The first-order valence-corrected chi connectivity index (χ1v) is 12.8. The van der Waals surface area contributed by atoms with Crippen LogP contribution in [0.3, 0.4) is 0 Å². The van der Waals surface area contributed by atoms with E-state index < -0.39 is 0 Å². The number of fused-ring (bicyclic) bond motifs is 1. The van der Waals surface area contributed by atoms with Gasteiger partial charge in [-0.2, -0.15) is 5.10 Å². The average Bonchev–Trinajstić information content (AvgIpc) is 3.57. The number of ether oxygens (including phenoxy) is 2. The van der Waals surface area contributed by atoms with Crippen LogP contribution < -0.4 is 10.1 Å². The lowest BCUT2D eigenvalue weighted by Gasteiger charge is -2.24. The third-order valence-electron chi connectivity index (χ3n) is 7.28. The molecule has 36 heavy (non-hydrogen) atoms. The molecule has 1 aliphatic heterocycles. The standard InChI is InChI=1S/C28H32N6O2/c1-18-12-24(25(16-29-18)35-17-23-6-10-28(36-23)8-4-5-9-28)21-7-11-34-22(14-21)15-27(33-34)32-26-13-19(2)30-20(3)31-26/h7,11-16,23H,4-6,8-10,17H2,1-3H3,(H,30,31,32,33)/t23-/m1/s1. The highest BCUT2D eigenvalue weighted by Crippen LogP contribution is 2.43. The SMILES string of the molecule is Cc1cc(-c2ccn3nc(Nc4cc(C)nc(C)n4)cc3c2)c(OC[C@H]2CCC3(CCCC3)O2)cn1. The second kappa shape index (κ2) is 9.17. The molecule has 2 aliphatic rings. The fourth-order valence-electron chi connectivity index (χ4n) is 5.61. The molecule has 8 heteroatoms. The molecule has 1 aliphatic carbocycles. The van der Waals surface area contributed by atoms with Gasteiger partial charge in [0, 0.05) is 35.3 Å². The van der Waals surface area contributed by atoms with Gasteiger partial charge in [0.25, 0.3) is 0 Å². The van der Waals surface area contributed by atoms with E-state index in [0.717, 1.165) is 64.1 Å². The Hall–Kier alpha value is -3.52. The summed E-state index contributed by atoms with van der Waals surface area (Å²) in [6, 6.07) is 10.2. The van der Waals surface area contributed by atoms with E-state index in [2.05, 4.69) is 43.6 Å². The summed E-state index contributed by atoms with van der Waals surface area (Å²) >= 11 is 0. The molecule has 0 radical (unpaired) electrons. The Kier molecular flexibility index (Phi) is 5.84.